The molecule has 0 aliphatic carbocycles. The molecule has 3 rings (SSSR count). The van der Waals surface area contributed by atoms with E-state index in [0.717, 1.165) is 12.0 Å². The van der Waals surface area contributed by atoms with Gasteiger partial charge in [0.2, 0.25) is 0 Å². The Bertz CT molecular complexity index is 845. The topological polar surface area (TPSA) is 45.7 Å². The van der Waals surface area contributed by atoms with Crippen LogP contribution in [0.4, 0.5) is 4.39 Å². The van der Waals surface area contributed by atoms with E-state index < -0.39 is 0 Å². The standard InChI is InChI=1S/C22H23FN2OS/c1-2-16-5-9-18(10-6-16)22(20-4-3-13-27-20)25-15-21(26)24-14-17-7-11-19(23)12-8-17/h3-13,22,25H,2,14-15H2,1H3,(H,24,26)/p+1/t22-/m0/s1. The lowest BCUT2D eigenvalue weighted by atomic mass is 10.0. The molecule has 0 bridgehead atoms. The molecule has 0 aliphatic heterocycles. The highest BCUT2D eigenvalue weighted by Gasteiger charge is 2.20. The van der Waals surface area contributed by atoms with Crippen LogP contribution in [-0.2, 0) is 17.8 Å². The summed E-state index contributed by atoms with van der Waals surface area (Å²) in [5.74, 6) is -0.308. The molecule has 3 nitrogen and oxygen atoms in total. The normalized spacial score (nSPS) is 11.9. The maximum Gasteiger partial charge on any atom is 0.275 e. The van der Waals surface area contributed by atoms with Crippen LogP contribution in [0.25, 0.3) is 0 Å². The quantitative estimate of drug-likeness (QED) is 0.615. The number of carbonyl (C=O) groups excluding carboxylic acids is 1. The molecule has 5 heteroatoms. The van der Waals surface area contributed by atoms with Crippen LogP contribution in [0.15, 0.2) is 66.0 Å². The third kappa shape index (κ3) is 5.49. The lowest BCUT2D eigenvalue weighted by Crippen LogP contribution is -2.87. The predicted octanol–water partition coefficient (Wildman–Crippen LogP) is 3.42. The van der Waals surface area contributed by atoms with Crippen molar-refractivity contribution < 1.29 is 14.5 Å². The van der Waals surface area contributed by atoms with Crippen molar-refractivity contribution in [3.63, 3.8) is 0 Å². The van der Waals surface area contributed by atoms with Crippen LogP contribution in [0.2, 0.25) is 0 Å². The molecule has 1 aromatic heterocycles. The Labute approximate surface area is 163 Å². The number of thiophene rings is 1. The molecule has 0 saturated heterocycles. The van der Waals surface area contributed by atoms with Crippen LogP contribution >= 0.6 is 11.3 Å². The van der Waals surface area contributed by atoms with Gasteiger partial charge < -0.3 is 10.6 Å². The molecule has 3 N–H and O–H groups in total. The van der Waals surface area contributed by atoms with Crippen molar-refractivity contribution >= 4 is 17.2 Å². The fourth-order valence-electron chi connectivity index (χ4n) is 2.95. The minimum atomic E-state index is -0.272. The van der Waals surface area contributed by atoms with Crippen LogP contribution in [-0.4, -0.2) is 12.5 Å². The average molecular weight is 384 g/mol. The Morgan fingerprint density at radius 1 is 1.07 bits per heavy atom. The fraction of sp³-hybridized carbons (Fsp3) is 0.227. The first kappa shape index (κ1) is 19.3. The molecule has 2 aromatic carbocycles. The number of nitrogens with one attached hydrogen (secondary N) is 1. The van der Waals surface area contributed by atoms with Crippen LogP contribution < -0.4 is 10.6 Å². The summed E-state index contributed by atoms with van der Waals surface area (Å²) >= 11 is 1.70. The first-order valence-corrected chi connectivity index (χ1v) is 10.0. The molecule has 0 unspecified atom stereocenters. The summed E-state index contributed by atoms with van der Waals surface area (Å²) in [5, 5.41) is 7.02. The highest BCUT2D eigenvalue weighted by molar-refractivity contribution is 7.10. The maximum atomic E-state index is 12.9. The van der Waals surface area contributed by atoms with Crippen molar-refractivity contribution in [1.82, 2.24) is 5.32 Å². The molecule has 1 amide bonds. The van der Waals surface area contributed by atoms with Crippen LogP contribution in [0.1, 0.15) is 34.5 Å². The van der Waals surface area contributed by atoms with Crippen molar-refractivity contribution in [3.8, 4) is 0 Å². The van der Waals surface area contributed by atoms with E-state index >= 15 is 0 Å². The average Bonchev–Trinajstić information content (AvgIpc) is 3.23. The number of quaternary nitrogens is 1. The summed E-state index contributed by atoms with van der Waals surface area (Å²) in [6, 6.07) is 19.0. The summed E-state index contributed by atoms with van der Waals surface area (Å²) in [7, 11) is 0. The molecule has 0 radical (unpaired) electrons. The van der Waals surface area contributed by atoms with E-state index in [1.165, 1.54) is 28.1 Å². The molecule has 0 fully saturated rings. The Hall–Kier alpha value is -2.50. The SMILES string of the molecule is CCc1ccc([C@H]([NH2+]CC(=O)NCc2ccc(F)cc2)c2cccs2)cc1. The summed E-state index contributed by atoms with van der Waals surface area (Å²) in [5.41, 5.74) is 3.39. The van der Waals surface area contributed by atoms with E-state index in [9.17, 15) is 9.18 Å². The van der Waals surface area contributed by atoms with Gasteiger partial charge in [0.25, 0.3) is 5.91 Å². The first-order chi connectivity index (χ1) is 13.2. The molecule has 0 aliphatic rings. The molecule has 140 valence electrons. The summed E-state index contributed by atoms with van der Waals surface area (Å²) in [4.78, 5) is 13.5. The highest BCUT2D eigenvalue weighted by Crippen LogP contribution is 2.23. The monoisotopic (exact) mass is 383 g/mol. The molecule has 27 heavy (non-hydrogen) atoms. The van der Waals surface area contributed by atoms with Gasteiger partial charge >= 0.3 is 0 Å². The smallest absolute Gasteiger partial charge is 0.275 e. The van der Waals surface area contributed by atoms with E-state index in [-0.39, 0.29) is 17.8 Å². The number of nitrogens with two attached hydrogens (primary N) is 1. The van der Waals surface area contributed by atoms with Gasteiger partial charge in [0, 0.05) is 12.1 Å². The second-order valence-corrected chi connectivity index (χ2v) is 7.41. The molecule has 0 saturated carbocycles. The Balaban J connectivity index is 1.60. The van der Waals surface area contributed by atoms with Gasteiger partial charge in [0.1, 0.15) is 11.9 Å². The number of halogens is 1. The maximum absolute atomic E-state index is 12.9. The van der Waals surface area contributed by atoms with Crippen LogP contribution in [0.5, 0.6) is 0 Å². The van der Waals surface area contributed by atoms with Crippen LogP contribution in [0, 0.1) is 5.82 Å². The third-order valence-electron chi connectivity index (χ3n) is 4.54. The van der Waals surface area contributed by atoms with E-state index in [0.29, 0.717) is 13.1 Å². The van der Waals surface area contributed by atoms with Gasteiger partial charge in [0.05, 0.1) is 4.88 Å². The Morgan fingerprint density at radius 3 is 2.41 bits per heavy atom. The Kier molecular flexibility index (Phi) is 6.74. The van der Waals surface area contributed by atoms with Crippen LogP contribution in [0.3, 0.4) is 0 Å². The minimum Gasteiger partial charge on any atom is -0.347 e. The largest absolute Gasteiger partial charge is 0.347 e. The molecular formula is C22H24FN2OS+. The van der Waals surface area contributed by atoms with Gasteiger partial charge in [-0.1, -0.05) is 49.4 Å². The van der Waals surface area contributed by atoms with Gasteiger partial charge in [-0.2, -0.15) is 0 Å². The number of aryl methyl sites for hydroxylation is 1. The highest BCUT2D eigenvalue weighted by atomic mass is 32.1. The van der Waals surface area contributed by atoms with Crippen molar-refractivity contribution in [1.29, 1.82) is 0 Å². The number of hydrogen-bond donors (Lipinski definition) is 2. The van der Waals surface area contributed by atoms with E-state index in [4.69, 9.17) is 0 Å². The zero-order chi connectivity index (χ0) is 19.1. The van der Waals surface area contributed by atoms with Crippen molar-refractivity contribution in [2.75, 3.05) is 6.54 Å². The van der Waals surface area contributed by atoms with Gasteiger partial charge in [0.15, 0.2) is 6.54 Å². The van der Waals surface area contributed by atoms with Crippen molar-refractivity contribution in [3.05, 3.63) is 93.4 Å². The summed E-state index contributed by atoms with van der Waals surface area (Å²) in [6.45, 7) is 2.88. The Morgan fingerprint density at radius 2 is 1.78 bits per heavy atom. The lowest BCUT2D eigenvalue weighted by Gasteiger charge is -2.15. The number of hydrogen-bond acceptors (Lipinski definition) is 2. The number of rotatable bonds is 8. The van der Waals surface area contributed by atoms with E-state index in [2.05, 4.69) is 53.3 Å². The second-order valence-electron chi connectivity index (χ2n) is 6.43. The third-order valence-corrected chi connectivity index (χ3v) is 5.49. The van der Waals surface area contributed by atoms with Gasteiger partial charge in [-0.15, -0.1) is 11.3 Å². The molecule has 0 spiro atoms. The molecular weight excluding hydrogens is 359 g/mol. The number of benzene rings is 2. The first-order valence-electron chi connectivity index (χ1n) is 9.12. The minimum absolute atomic E-state index is 0.0361. The molecule has 1 atom stereocenters. The predicted molar refractivity (Wildman–Crippen MR) is 107 cm³/mol. The van der Waals surface area contributed by atoms with Crippen molar-refractivity contribution in [2.24, 2.45) is 0 Å². The lowest BCUT2D eigenvalue weighted by molar-refractivity contribution is -0.676. The molecule has 3 aromatic rings. The number of amides is 1. The van der Waals surface area contributed by atoms with E-state index in [1.54, 1.807) is 23.5 Å². The fourth-order valence-corrected chi connectivity index (χ4v) is 3.80. The van der Waals surface area contributed by atoms with E-state index in [1.807, 2.05) is 6.07 Å². The second kappa shape index (κ2) is 9.44. The number of carbonyl (C=O) groups is 1. The molecule has 1 heterocycles. The summed E-state index contributed by atoms with van der Waals surface area (Å²) < 4.78 is 12.9. The van der Waals surface area contributed by atoms with Gasteiger partial charge in [-0.05, 0) is 41.1 Å². The van der Waals surface area contributed by atoms with Gasteiger partial charge in [-0.3, -0.25) is 4.79 Å². The zero-order valence-corrected chi connectivity index (χ0v) is 16.1. The van der Waals surface area contributed by atoms with Crippen molar-refractivity contribution in [2.45, 2.75) is 25.9 Å². The van der Waals surface area contributed by atoms with Gasteiger partial charge in [-0.25, -0.2) is 4.39 Å². The summed E-state index contributed by atoms with van der Waals surface area (Å²) in [6.07, 6.45) is 1.01. The zero-order valence-electron chi connectivity index (χ0n) is 15.3.